The molecule has 1 unspecified atom stereocenters. The van der Waals surface area contributed by atoms with Gasteiger partial charge in [-0.1, -0.05) is 19.9 Å². The van der Waals surface area contributed by atoms with Crippen LogP contribution < -0.4 is 15.4 Å². The fraction of sp³-hybridized carbons (Fsp3) is 0.533. The lowest BCUT2D eigenvalue weighted by Crippen LogP contribution is -2.42. The average Bonchev–Trinajstić information content (AvgIpc) is 2.42. The van der Waals surface area contributed by atoms with E-state index in [4.69, 9.17) is 4.74 Å². The van der Waals surface area contributed by atoms with Gasteiger partial charge in [0.05, 0.1) is 13.2 Å². The van der Waals surface area contributed by atoms with Gasteiger partial charge in [0.15, 0.2) is 11.5 Å². The second kappa shape index (κ2) is 7.75. The molecule has 0 aliphatic carbocycles. The fourth-order valence-corrected chi connectivity index (χ4v) is 1.67. The highest BCUT2D eigenvalue weighted by Crippen LogP contribution is 2.26. The first-order valence-electron chi connectivity index (χ1n) is 6.81. The van der Waals surface area contributed by atoms with Gasteiger partial charge in [0, 0.05) is 13.1 Å². The summed E-state index contributed by atoms with van der Waals surface area (Å²) in [5.74, 6) is 0.960. The van der Waals surface area contributed by atoms with E-state index < -0.39 is 0 Å². The maximum Gasteiger partial charge on any atom is 0.236 e. The van der Waals surface area contributed by atoms with Crippen molar-refractivity contribution in [2.75, 3.05) is 13.7 Å². The number of nitrogens with one attached hydrogen (secondary N) is 2. The minimum absolute atomic E-state index is 0.0172. The van der Waals surface area contributed by atoms with Gasteiger partial charge in [0.1, 0.15) is 0 Å². The number of hydrogen-bond donors (Lipinski definition) is 3. The van der Waals surface area contributed by atoms with Crippen molar-refractivity contribution in [3.63, 3.8) is 0 Å². The first kappa shape index (κ1) is 16.3. The van der Waals surface area contributed by atoms with Crippen LogP contribution in [0.2, 0.25) is 0 Å². The Bertz CT molecular complexity index is 447. The van der Waals surface area contributed by atoms with Crippen molar-refractivity contribution in [3.05, 3.63) is 23.8 Å². The van der Waals surface area contributed by atoms with Gasteiger partial charge in [-0.15, -0.1) is 0 Å². The van der Waals surface area contributed by atoms with Gasteiger partial charge >= 0.3 is 0 Å². The number of phenolic OH excluding ortho intramolecular Hbond substituents is 1. The number of hydrogen-bond acceptors (Lipinski definition) is 4. The molecule has 0 aromatic heterocycles. The third-order valence-electron chi connectivity index (χ3n) is 2.93. The first-order chi connectivity index (χ1) is 9.43. The Balaban J connectivity index is 2.46. The summed E-state index contributed by atoms with van der Waals surface area (Å²) in [7, 11) is 1.51. The number of carbonyl (C=O) groups excluding carboxylic acids is 1. The lowest BCUT2D eigenvalue weighted by molar-refractivity contribution is -0.122. The zero-order valence-corrected chi connectivity index (χ0v) is 12.6. The van der Waals surface area contributed by atoms with Crippen molar-refractivity contribution in [3.8, 4) is 11.5 Å². The molecule has 3 N–H and O–H groups in total. The highest BCUT2D eigenvalue weighted by Gasteiger charge is 2.12. The van der Waals surface area contributed by atoms with Crippen LogP contribution in [0.25, 0.3) is 0 Å². The molecule has 0 radical (unpaired) electrons. The fourth-order valence-electron chi connectivity index (χ4n) is 1.67. The molecule has 1 aromatic carbocycles. The van der Waals surface area contributed by atoms with Crippen LogP contribution in [0.15, 0.2) is 18.2 Å². The van der Waals surface area contributed by atoms with Crippen LogP contribution in [0.1, 0.15) is 26.3 Å². The van der Waals surface area contributed by atoms with Crippen LogP contribution in [0.4, 0.5) is 0 Å². The molecule has 1 aromatic rings. The van der Waals surface area contributed by atoms with Crippen LogP contribution >= 0.6 is 0 Å². The van der Waals surface area contributed by atoms with Gasteiger partial charge < -0.3 is 20.5 Å². The number of ether oxygens (including phenoxy) is 1. The molecule has 5 heteroatoms. The standard InChI is InChI=1S/C15H24N2O3/c1-10(2)8-17-15(19)11(3)16-9-12-5-6-14(20-4)13(18)7-12/h5-7,10-11,16,18H,8-9H2,1-4H3,(H,17,19). The minimum atomic E-state index is -0.280. The van der Waals surface area contributed by atoms with Crippen molar-refractivity contribution >= 4 is 5.91 Å². The Labute approximate surface area is 120 Å². The molecule has 0 fully saturated rings. The molecule has 112 valence electrons. The number of benzene rings is 1. The maximum absolute atomic E-state index is 11.8. The molecular formula is C15H24N2O3. The Hall–Kier alpha value is -1.75. The van der Waals surface area contributed by atoms with E-state index in [-0.39, 0.29) is 17.7 Å². The van der Waals surface area contributed by atoms with Gasteiger partial charge in [-0.25, -0.2) is 0 Å². The molecule has 1 atom stereocenters. The Morgan fingerprint density at radius 1 is 1.35 bits per heavy atom. The third kappa shape index (κ3) is 5.09. The SMILES string of the molecule is COc1ccc(CNC(C)C(=O)NCC(C)C)cc1O. The molecule has 1 rings (SSSR count). The molecule has 0 heterocycles. The van der Waals surface area contributed by atoms with Gasteiger partial charge in [-0.3, -0.25) is 4.79 Å². The summed E-state index contributed by atoms with van der Waals surface area (Å²) in [5.41, 5.74) is 0.895. The van der Waals surface area contributed by atoms with E-state index in [0.717, 1.165) is 5.56 Å². The minimum Gasteiger partial charge on any atom is -0.504 e. The van der Waals surface area contributed by atoms with Crippen molar-refractivity contribution in [1.82, 2.24) is 10.6 Å². The normalized spacial score (nSPS) is 12.2. The Morgan fingerprint density at radius 3 is 2.60 bits per heavy atom. The lowest BCUT2D eigenvalue weighted by Gasteiger charge is -2.15. The molecule has 5 nitrogen and oxygen atoms in total. The monoisotopic (exact) mass is 280 g/mol. The van der Waals surface area contributed by atoms with Gasteiger partial charge in [-0.05, 0) is 30.5 Å². The van der Waals surface area contributed by atoms with E-state index in [2.05, 4.69) is 24.5 Å². The quantitative estimate of drug-likeness (QED) is 0.710. The number of aromatic hydroxyl groups is 1. The Morgan fingerprint density at radius 2 is 2.05 bits per heavy atom. The molecule has 0 aliphatic rings. The van der Waals surface area contributed by atoms with E-state index in [1.165, 1.54) is 7.11 Å². The molecule has 0 bridgehead atoms. The van der Waals surface area contributed by atoms with E-state index in [0.29, 0.717) is 24.8 Å². The van der Waals surface area contributed by atoms with Crippen LogP contribution in [0.5, 0.6) is 11.5 Å². The van der Waals surface area contributed by atoms with Crippen molar-refractivity contribution in [2.24, 2.45) is 5.92 Å². The summed E-state index contributed by atoms with van der Waals surface area (Å²) in [4.78, 5) is 11.8. The van der Waals surface area contributed by atoms with E-state index in [1.54, 1.807) is 12.1 Å². The third-order valence-corrected chi connectivity index (χ3v) is 2.93. The molecule has 0 aliphatic heterocycles. The summed E-state index contributed by atoms with van der Waals surface area (Å²) in [5, 5.41) is 15.7. The second-order valence-electron chi connectivity index (χ2n) is 5.25. The van der Waals surface area contributed by atoms with Crippen molar-refractivity contribution in [1.29, 1.82) is 0 Å². The second-order valence-corrected chi connectivity index (χ2v) is 5.25. The van der Waals surface area contributed by atoms with Crippen LogP contribution in [-0.2, 0) is 11.3 Å². The van der Waals surface area contributed by atoms with E-state index >= 15 is 0 Å². The first-order valence-corrected chi connectivity index (χ1v) is 6.81. The van der Waals surface area contributed by atoms with Crippen molar-refractivity contribution < 1.29 is 14.6 Å². The van der Waals surface area contributed by atoms with Crippen LogP contribution in [0.3, 0.4) is 0 Å². The summed E-state index contributed by atoms with van der Waals surface area (Å²) in [6, 6.07) is 4.91. The lowest BCUT2D eigenvalue weighted by atomic mass is 10.2. The number of phenols is 1. The zero-order valence-electron chi connectivity index (χ0n) is 12.6. The molecule has 20 heavy (non-hydrogen) atoms. The van der Waals surface area contributed by atoms with Crippen molar-refractivity contribution in [2.45, 2.75) is 33.4 Å². The predicted molar refractivity (Wildman–Crippen MR) is 78.8 cm³/mol. The largest absolute Gasteiger partial charge is 0.504 e. The van der Waals surface area contributed by atoms with Gasteiger partial charge in [0.2, 0.25) is 5.91 Å². The molecule has 0 spiro atoms. The summed E-state index contributed by atoms with van der Waals surface area (Å²) >= 11 is 0. The smallest absolute Gasteiger partial charge is 0.236 e. The average molecular weight is 280 g/mol. The zero-order chi connectivity index (χ0) is 15.1. The summed E-state index contributed by atoms with van der Waals surface area (Å²) in [6.07, 6.45) is 0. The van der Waals surface area contributed by atoms with Gasteiger partial charge in [-0.2, -0.15) is 0 Å². The number of rotatable bonds is 7. The number of carbonyl (C=O) groups is 1. The van der Waals surface area contributed by atoms with Gasteiger partial charge in [0.25, 0.3) is 0 Å². The number of methoxy groups -OCH3 is 1. The highest BCUT2D eigenvalue weighted by molar-refractivity contribution is 5.81. The number of amides is 1. The predicted octanol–water partition coefficient (Wildman–Crippen LogP) is 1.65. The highest BCUT2D eigenvalue weighted by atomic mass is 16.5. The molecular weight excluding hydrogens is 256 g/mol. The van der Waals surface area contributed by atoms with Crippen LogP contribution in [0, 0.1) is 5.92 Å². The Kier molecular flexibility index (Phi) is 6.31. The molecule has 0 saturated carbocycles. The summed E-state index contributed by atoms with van der Waals surface area (Å²) in [6.45, 7) is 7.11. The van der Waals surface area contributed by atoms with E-state index in [1.807, 2.05) is 13.0 Å². The van der Waals surface area contributed by atoms with Crippen LogP contribution in [-0.4, -0.2) is 30.7 Å². The van der Waals surface area contributed by atoms with E-state index in [9.17, 15) is 9.90 Å². The maximum atomic E-state index is 11.8. The molecule has 0 saturated heterocycles. The topological polar surface area (TPSA) is 70.6 Å². The molecule has 1 amide bonds. The summed E-state index contributed by atoms with van der Waals surface area (Å²) < 4.78 is 4.98.